The summed E-state index contributed by atoms with van der Waals surface area (Å²) in [6.45, 7) is 10.3. The smallest absolute Gasteiger partial charge is 0.338 e. The first-order valence-electron chi connectivity index (χ1n) is 15.0. The Balaban J connectivity index is 1.59. The number of nitrogens with zero attached hydrogens (tertiary/aromatic N) is 3. The second kappa shape index (κ2) is 12.5. The van der Waals surface area contributed by atoms with Gasteiger partial charge in [0.05, 0.1) is 28.5 Å². The summed E-state index contributed by atoms with van der Waals surface area (Å²) >= 11 is 7.47. The zero-order valence-electron chi connectivity index (χ0n) is 25.9. The van der Waals surface area contributed by atoms with E-state index in [2.05, 4.69) is 36.6 Å². The van der Waals surface area contributed by atoms with Crippen molar-refractivity contribution in [2.75, 3.05) is 6.61 Å². The number of carbonyl (C=O) groups is 1. The van der Waals surface area contributed by atoms with Gasteiger partial charge in [0.2, 0.25) is 0 Å². The van der Waals surface area contributed by atoms with Crippen molar-refractivity contribution in [1.29, 1.82) is 0 Å². The summed E-state index contributed by atoms with van der Waals surface area (Å²) in [6, 6.07) is 26.8. The highest BCUT2D eigenvalue weighted by atomic mass is 35.5. The SMILES string of the molecule is CCOC(=O)C1=C(c2ccccc2)N=c2s/c(=C\c3cc(C)n(-c4ccc(Cl)cc4)c3C)c(=O)n2[C@H]1c1ccc(C(C)C)cc1. The largest absolute Gasteiger partial charge is 0.463 e. The van der Waals surface area contributed by atoms with Gasteiger partial charge in [0.15, 0.2) is 4.80 Å². The number of aryl methyl sites for hydroxylation is 1. The molecule has 8 heteroatoms. The van der Waals surface area contributed by atoms with E-state index in [1.807, 2.05) is 86.7 Å². The van der Waals surface area contributed by atoms with Gasteiger partial charge in [-0.2, -0.15) is 0 Å². The number of ether oxygens (including phenoxy) is 1. The Labute approximate surface area is 271 Å². The van der Waals surface area contributed by atoms with E-state index in [4.69, 9.17) is 21.3 Å². The Morgan fingerprint density at radius 2 is 1.71 bits per heavy atom. The Hall–Kier alpha value is -4.46. The second-order valence-electron chi connectivity index (χ2n) is 11.4. The van der Waals surface area contributed by atoms with Crippen molar-refractivity contribution in [3.63, 3.8) is 0 Å². The van der Waals surface area contributed by atoms with E-state index >= 15 is 0 Å². The van der Waals surface area contributed by atoms with E-state index in [0.29, 0.717) is 31.5 Å². The molecule has 5 aromatic rings. The minimum absolute atomic E-state index is 0.205. The molecule has 0 radical (unpaired) electrons. The van der Waals surface area contributed by atoms with Gasteiger partial charge in [-0.3, -0.25) is 9.36 Å². The standard InChI is InChI=1S/C37H34ClN3O3S/c1-6-44-36(43)32-33(26-10-8-7-9-11-26)39-37-41(34(32)27-14-12-25(13-15-27)22(2)3)35(42)31(45-37)21-28-20-23(4)40(24(28)5)30-18-16-29(38)17-19-30/h7-22,34H,6H2,1-5H3/b31-21-/t34-/m0/s1. The summed E-state index contributed by atoms with van der Waals surface area (Å²) < 4.78 is 9.93. The number of hydrogen-bond donors (Lipinski definition) is 0. The fraction of sp³-hybridized carbons (Fsp3) is 0.216. The predicted molar refractivity (Wildman–Crippen MR) is 182 cm³/mol. The lowest BCUT2D eigenvalue weighted by atomic mass is 9.91. The molecule has 2 aromatic heterocycles. The van der Waals surface area contributed by atoms with Crippen molar-refractivity contribution < 1.29 is 9.53 Å². The van der Waals surface area contributed by atoms with Crippen LogP contribution in [0, 0.1) is 13.8 Å². The summed E-state index contributed by atoms with van der Waals surface area (Å²) in [5, 5.41) is 0.674. The molecule has 1 aliphatic rings. The van der Waals surface area contributed by atoms with Gasteiger partial charge in [0.25, 0.3) is 5.56 Å². The lowest BCUT2D eigenvalue weighted by molar-refractivity contribution is -0.138. The van der Waals surface area contributed by atoms with Crippen LogP contribution in [0.1, 0.15) is 66.4 Å². The lowest BCUT2D eigenvalue weighted by Gasteiger charge is -2.26. The fourth-order valence-corrected chi connectivity index (χ4v) is 7.00. The summed E-state index contributed by atoms with van der Waals surface area (Å²) in [5.74, 6) is -0.147. The van der Waals surface area contributed by atoms with Crippen molar-refractivity contribution in [3.8, 4) is 5.69 Å². The van der Waals surface area contributed by atoms with Crippen LogP contribution in [0.5, 0.6) is 0 Å². The molecule has 0 unspecified atom stereocenters. The van der Waals surface area contributed by atoms with Crippen LogP contribution >= 0.6 is 22.9 Å². The van der Waals surface area contributed by atoms with E-state index in [-0.39, 0.29) is 12.2 Å². The highest BCUT2D eigenvalue weighted by Gasteiger charge is 2.35. The van der Waals surface area contributed by atoms with Gasteiger partial charge >= 0.3 is 5.97 Å². The van der Waals surface area contributed by atoms with Crippen LogP contribution in [0.25, 0.3) is 17.5 Å². The molecule has 0 saturated heterocycles. The maximum absolute atomic E-state index is 14.3. The molecule has 6 nitrogen and oxygen atoms in total. The average Bonchev–Trinajstić information content (AvgIpc) is 3.50. The van der Waals surface area contributed by atoms with Gasteiger partial charge < -0.3 is 9.30 Å². The first-order valence-corrected chi connectivity index (χ1v) is 16.2. The molecule has 3 heterocycles. The minimum atomic E-state index is -0.708. The van der Waals surface area contributed by atoms with Crippen LogP contribution in [-0.4, -0.2) is 21.7 Å². The number of benzene rings is 3. The molecule has 1 aliphatic heterocycles. The number of rotatable bonds is 7. The quantitative estimate of drug-likeness (QED) is 0.179. The highest BCUT2D eigenvalue weighted by molar-refractivity contribution is 7.07. The number of aromatic nitrogens is 2. The Bertz CT molecular complexity index is 2100. The van der Waals surface area contributed by atoms with Gasteiger partial charge in [0, 0.05) is 27.7 Å². The molecule has 0 N–H and O–H groups in total. The zero-order valence-corrected chi connectivity index (χ0v) is 27.4. The van der Waals surface area contributed by atoms with Gasteiger partial charge in [-0.25, -0.2) is 9.79 Å². The molecule has 0 amide bonds. The van der Waals surface area contributed by atoms with Crippen LogP contribution in [0.2, 0.25) is 5.02 Å². The number of carbonyl (C=O) groups excluding carboxylic acids is 1. The van der Waals surface area contributed by atoms with Gasteiger partial charge in [-0.15, -0.1) is 0 Å². The first kappa shape index (κ1) is 30.6. The van der Waals surface area contributed by atoms with Crippen molar-refractivity contribution in [2.24, 2.45) is 4.99 Å². The van der Waals surface area contributed by atoms with Crippen LogP contribution in [0.3, 0.4) is 0 Å². The highest BCUT2D eigenvalue weighted by Crippen LogP contribution is 2.35. The van der Waals surface area contributed by atoms with E-state index in [1.165, 1.54) is 16.9 Å². The normalized spacial score (nSPS) is 14.9. The second-order valence-corrected chi connectivity index (χ2v) is 12.8. The minimum Gasteiger partial charge on any atom is -0.463 e. The Morgan fingerprint density at radius 1 is 1.02 bits per heavy atom. The van der Waals surface area contributed by atoms with Crippen molar-refractivity contribution >= 4 is 40.7 Å². The van der Waals surface area contributed by atoms with Crippen molar-refractivity contribution in [3.05, 3.63) is 149 Å². The molecule has 0 spiro atoms. The molecule has 45 heavy (non-hydrogen) atoms. The molecule has 3 aromatic carbocycles. The maximum atomic E-state index is 14.3. The third-order valence-electron chi connectivity index (χ3n) is 8.13. The van der Waals surface area contributed by atoms with Crippen molar-refractivity contribution in [1.82, 2.24) is 9.13 Å². The monoisotopic (exact) mass is 635 g/mol. The summed E-state index contributed by atoms with van der Waals surface area (Å²) in [5.41, 5.74) is 7.39. The summed E-state index contributed by atoms with van der Waals surface area (Å²) in [7, 11) is 0. The van der Waals surface area contributed by atoms with Crippen LogP contribution in [0.15, 0.2) is 100 Å². The number of hydrogen-bond acceptors (Lipinski definition) is 5. The molecular formula is C37H34ClN3O3S. The number of fused-ring (bicyclic) bond motifs is 1. The number of halogens is 1. The Kier molecular flexibility index (Phi) is 8.49. The molecule has 0 saturated carbocycles. The molecule has 1 atom stereocenters. The third kappa shape index (κ3) is 5.74. The maximum Gasteiger partial charge on any atom is 0.338 e. The van der Waals surface area contributed by atoms with Gasteiger partial charge in [0.1, 0.15) is 0 Å². The predicted octanol–water partition coefficient (Wildman–Crippen LogP) is 7.12. The van der Waals surface area contributed by atoms with E-state index in [9.17, 15) is 9.59 Å². The lowest BCUT2D eigenvalue weighted by Crippen LogP contribution is -2.40. The van der Waals surface area contributed by atoms with E-state index in [1.54, 1.807) is 11.5 Å². The number of esters is 1. The topological polar surface area (TPSA) is 65.6 Å². The summed E-state index contributed by atoms with van der Waals surface area (Å²) in [4.78, 5) is 33.6. The average molecular weight is 636 g/mol. The molecule has 0 bridgehead atoms. The first-order chi connectivity index (χ1) is 21.7. The molecule has 0 fully saturated rings. The molecule has 0 aliphatic carbocycles. The molecular weight excluding hydrogens is 602 g/mol. The summed E-state index contributed by atoms with van der Waals surface area (Å²) in [6.07, 6.45) is 1.92. The fourth-order valence-electron chi connectivity index (χ4n) is 5.88. The Morgan fingerprint density at radius 3 is 2.36 bits per heavy atom. The third-order valence-corrected chi connectivity index (χ3v) is 9.37. The van der Waals surface area contributed by atoms with E-state index < -0.39 is 12.0 Å². The van der Waals surface area contributed by atoms with Crippen LogP contribution < -0.4 is 14.9 Å². The van der Waals surface area contributed by atoms with E-state index in [0.717, 1.165) is 33.8 Å². The number of thiazole rings is 1. The van der Waals surface area contributed by atoms with Crippen LogP contribution in [-0.2, 0) is 9.53 Å². The van der Waals surface area contributed by atoms with Crippen LogP contribution in [0.4, 0.5) is 0 Å². The van der Waals surface area contributed by atoms with Gasteiger partial charge in [-0.05, 0) is 79.8 Å². The molecule has 228 valence electrons. The molecule has 6 rings (SSSR count). The van der Waals surface area contributed by atoms with Crippen molar-refractivity contribution in [2.45, 2.75) is 46.6 Å². The zero-order chi connectivity index (χ0) is 31.8. The van der Waals surface area contributed by atoms with Gasteiger partial charge in [-0.1, -0.05) is 91.4 Å².